The summed E-state index contributed by atoms with van der Waals surface area (Å²) in [6.45, 7) is 2.33. The third-order valence-corrected chi connectivity index (χ3v) is 4.82. The van der Waals surface area contributed by atoms with Gasteiger partial charge >= 0.3 is 0 Å². The van der Waals surface area contributed by atoms with Crippen molar-refractivity contribution >= 4 is 38.1 Å². The smallest absolute Gasteiger partial charge is 0.0491 e. The number of hydrogen-bond acceptors (Lipinski definition) is 2. The quantitative estimate of drug-likeness (QED) is 0.596. The molecular formula is C11H10S2. The van der Waals surface area contributed by atoms with E-state index in [0.29, 0.717) is 5.92 Å². The summed E-state index contributed by atoms with van der Waals surface area (Å²) in [5, 5.41) is 2.20. The summed E-state index contributed by atoms with van der Waals surface area (Å²) >= 11 is 3.82. The summed E-state index contributed by atoms with van der Waals surface area (Å²) in [7, 11) is 0. The van der Waals surface area contributed by atoms with Gasteiger partial charge in [-0.2, -0.15) is 0 Å². The molecule has 66 valence electrons. The zero-order valence-electron chi connectivity index (χ0n) is 7.41. The first-order valence-corrected chi connectivity index (χ1v) is 6.22. The molecular weight excluding hydrogens is 196 g/mol. The maximum atomic E-state index is 2.33. The molecule has 0 N–H and O–H groups in total. The molecule has 0 saturated carbocycles. The van der Waals surface area contributed by atoms with E-state index >= 15 is 0 Å². The lowest BCUT2D eigenvalue weighted by Gasteiger charge is -2.13. The lowest BCUT2D eigenvalue weighted by molar-refractivity contribution is 0.784. The van der Waals surface area contributed by atoms with Gasteiger partial charge in [-0.1, -0.05) is 13.0 Å². The highest BCUT2D eigenvalue weighted by atomic mass is 32.1. The zero-order valence-corrected chi connectivity index (χ0v) is 9.04. The van der Waals surface area contributed by atoms with Gasteiger partial charge < -0.3 is 0 Å². The molecule has 2 aromatic heterocycles. The SMILES string of the molecule is CC1CC=Cc2sc3ccsc3c21. The van der Waals surface area contributed by atoms with Gasteiger partial charge in [0.2, 0.25) is 0 Å². The van der Waals surface area contributed by atoms with Gasteiger partial charge in [-0.05, 0) is 35.4 Å². The third-order valence-electron chi connectivity index (χ3n) is 2.61. The van der Waals surface area contributed by atoms with Crippen molar-refractivity contribution in [3.05, 3.63) is 28.0 Å². The molecule has 0 nitrogen and oxygen atoms in total. The first-order chi connectivity index (χ1) is 6.36. The Morgan fingerprint density at radius 2 is 2.38 bits per heavy atom. The monoisotopic (exact) mass is 206 g/mol. The molecule has 0 aromatic carbocycles. The minimum atomic E-state index is 0.715. The van der Waals surface area contributed by atoms with Crippen molar-refractivity contribution in [1.82, 2.24) is 0 Å². The average Bonchev–Trinajstić information content (AvgIpc) is 2.62. The van der Waals surface area contributed by atoms with Crippen LogP contribution in [0.3, 0.4) is 0 Å². The largest absolute Gasteiger partial charge is 0.143 e. The van der Waals surface area contributed by atoms with Crippen LogP contribution in [0, 0.1) is 0 Å². The van der Waals surface area contributed by atoms with Crippen molar-refractivity contribution in [2.24, 2.45) is 0 Å². The Morgan fingerprint density at radius 1 is 1.46 bits per heavy atom. The fraction of sp³-hybridized carbons (Fsp3) is 0.273. The average molecular weight is 206 g/mol. The standard InChI is InChI=1S/C11H10S2/c1-7-3-2-4-8-10(7)11-9(13-8)5-6-12-11/h2,4-7H,3H2,1H3. The van der Waals surface area contributed by atoms with Crippen LogP contribution in [0.25, 0.3) is 15.5 Å². The van der Waals surface area contributed by atoms with Gasteiger partial charge in [0.25, 0.3) is 0 Å². The number of rotatable bonds is 0. The van der Waals surface area contributed by atoms with E-state index in [1.165, 1.54) is 20.7 Å². The summed E-state index contributed by atoms with van der Waals surface area (Å²) in [5.74, 6) is 0.715. The molecule has 0 radical (unpaired) electrons. The number of allylic oxidation sites excluding steroid dienone is 1. The second-order valence-corrected chi connectivity index (χ2v) is 5.53. The molecule has 0 bridgehead atoms. The number of thiophene rings is 2. The fourth-order valence-electron chi connectivity index (χ4n) is 1.95. The van der Waals surface area contributed by atoms with Crippen LogP contribution in [-0.4, -0.2) is 0 Å². The highest BCUT2D eigenvalue weighted by Gasteiger charge is 2.18. The molecule has 2 heterocycles. The molecule has 1 aliphatic rings. The highest BCUT2D eigenvalue weighted by molar-refractivity contribution is 7.27. The van der Waals surface area contributed by atoms with E-state index < -0.39 is 0 Å². The topological polar surface area (TPSA) is 0 Å². The van der Waals surface area contributed by atoms with E-state index in [0.717, 1.165) is 0 Å². The Bertz CT molecular complexity index is 473. The summed E-state index contributed by atoms with van der Waals surface area (Å²) in [6.07, 6.45) is 5.79. The first-order valence-electron chi connectivity index (χ1n) is 4.52. The van der Waals surface area contributed by atoms with Crippen LogP contribution in [-0.2, 0) is 0 Å². The molecule has 1 atom stereocenters. The molecule has 0 saturated heterocycles. The van der Waals surface area contributed by atoms with E-state index in [1.54, 1.807) is 5.56 Å². The minimum Gasteiger partial charge on any atom is -0.143 e. The molecule has 1 unspecified atom stereocenters. The van der Waals surface area contributed by atoms with Gasteiger partial charge in [-0.3, -0.25) is 0 Å². The van der Waals surface area contributed by atoms with E-state index in [-0.39, 0.29) is 0 Å². The van der Waals surface area contributed by atoms with E-state index in [9.17, 15) is 0 Å². The van der Waals surface area contributed by atoms with Gasteiger partial charge in [0.15, 0.2) is 0 Å². The van der Waals surface area contributed by atoms with Gasteiger partial charge in [0, 0.05) is 14.3 Å². The maximum Gasteiger partial charge on any atom is 0.0491 e. The molecule has 0 amide bonds. The minimum absolute atomic E-state index is 0.715. The van der Waals surface area contributed by atoms with E-state index in [4.69, 9.17) is 0 Å². The first kappa shape index (κ1) is 7.77. The molecule has 0 fully saturated rings. The van der Waals surface area contributed by atoms with Gasteiger partial charge in [0.05, 0.1) is 0 Å². The summed E-state index contributed by atoms with van der Waals surface area (Å²) in [5.41, 5.74) is 1.59. The van der Waals surface area contributed by atoms with Crippen LogP contribution in [0.4, 0.5) is 0 Å². The van der Waals surface area contributed by atoms with Crippen LogP contribution >= 0.6 is 22.7 Å². The normalized spacial score (nSPS) is 20.8. The summed E-state index contributed by atoms with van der Waals surface area (Å²) < 4.78 is 2.99. The molecule has 3 rings (SSSR count). The Kier molecular flexibility index (Phi) is 1.61. The summed E-state index contributed by atoms with van der Waals surface area (Å²) in [6, 6.07) is 2.24. The molecule has 2 heteroatoms. The molecule has 1 aliphatic carbocycles. The van der Waals surface area contributed by atoms with Gasteiger partial charge in [-0.25, -0.2) is 0 Å². The zero-order chi connectivity index (χ0) is 8.84. The molecule has 0 aliphatic heterocycles. The number of hydrogen-bond donors (Lipinski definition) is 0. The van der Waals surface area contributed by atoms with Crippen LogP contribution in [0.5, 0.6) is 0 Å². The van der Waals surface area contributed by atoms with Crippen LogP contribution in [0.15, 0.2) is 17.5 Å². The van der Waals surface area contributed by atoms with E-state index in [1.807, 2.05) is 22.7 Å². The van der Waals surface area contributed by atoms with Crippen molar-refractivity contribution in [1.29, 1.82) is 0 Å². The van der Waals surface area contributed by atoms with Crippen LogP contribution < -0.4 is 0 Å². The maximum absolute atomic E-state index is 2.33. The Hall–Kier alpha value is -0.600. The van der Waals surface area contributed by atoms with Crippen molar-refractivity contribution < 1.29 is 0 Å². The molecule has 2 aromatic rings. The lowest BCUT2D eigenvalue weighted by Crippen LogP contribution is -1.95. The van der Waals surface area contributed by atoms with Crippen LogP contribution in [0.1, 0.15) is 29.7 Å². The van der Waals surface area contributed by atoms with Gasteiger partial charge in [0.1, 0.15) is 0 Å². The Morgan fingerprint density at radius 3 is 3.31 bits per heavy atom. The molecule has 0 spiro atoms. The summed E-state index contributed by atoms with van der Waals surface area (Å²) in [4.78, 5) is 1.49. The Labute approximate surface area is 85.5 Å². The van der Waals surface area contributed by atoms with Crippen molar-refractivity contribution in [2.75, 3.05) is 0 Å². The van der Waals surface area contributed by atoms with Crippen molar-refractivity contribution in [3.63, 3.8) is 0 Å². The predicted octanol–water partition coefficient (Wildman–Crippen LogP) is 4.48. The third kappa shape index (κ3) is 1.02. The van der Waals surface area contributed by atoms with Crippen LogP contribution in [0.2, 0.25) is 0 Å². The Balaban J connectivity index is 2.40. The van der Waals surface area contributed by atoms with Crippen molar-refractivity contribution in [2.45, 2.75) is 19.3 Å². The number of fused-ring (bicyclic) bond motifs is 3. The van der Waals surface area contributed by atoms with E-state index in [2.05, 4.69) is 30.5 Å². The van der Waals surface area contributed by atoms with Crippen molar-refractivity contribution in [3.8, 4) is 0 Å². The fourth-order valence-corrected chi connectivity index (χ4v) is 4.48. The second kappa shape index (κ2) is 2.69. The predicted molar refractivity (Wildman–Crippen MR) is 61.8 cm³/mol. The molecule has 13 heavy (non-hydrogen) atoms. The highest BCUT2D eigenvalue weighted by Crippen LogP contribution is 2.43. The lowest BCUT2D eigenvalue weighted by atomic mass is 9.94. The van der Waals surface area contributed by atoms with Gasteiger partial charge in [-0.15, -0.1) is 22.7 Å². The second-order valence-electron chi connectivity index (χ2n) is 3.53.